The van der Waals surface area contributed by atoms with Crippen LogP contribution in [-0.2, 0) is 21.9 Å². The molecule has 2 atom stereocenters. The van der Waals surface area contributed by atoms with Gasteiger partial charge in [-0.05, 0) is 72.4 Å². The van der Waals surface area contributed by atoms with Gasteiger partial charge in [-0.2, -0.15) is 13.2 Å². The van der Waals surface area contributed by atoms with Crippen LogP contribution in [-0.4, -0.2) is 45.2 Å². The van der Waals surface area contributed by atoms with Crippen molar-refractivity contribution in [2.24, 2.45) is 5.92 Å². The molecule has 1 N–H and O–H groups in total. The van der Waals surface area contributed by atoms with Crippen LogP contribution in [0.3, 0.4) is 0 Å². The number of rotatable bonds is 7. The lowest BCUT2D eigenvalue weighted by Gasteiger charge is -2.38. The number of hydrogen-bond acceptors (Lipinski definition) is 4. The van der Waals surface area contributed by atoms with Crippen LogP contribution in [0, 0.1) is 5.92 Å². The largest absolute Gasteiger partial charge is 0.489 e. The first-order chi connectivity index (χ1) is 16.4. The van der Waals surface area contributed by atoms with E-state index in [1.54, 1.807) is 46.4 Å². The molecule has 0 aromatic heterocycles. The average molecular weight is 553 g/mol. The zero-order valence-corrected chi connectivity index (χ0v) is 23.2. The first kappa shape index (κ1) is 30.4. The van der Waals surface area contributed by atoms with Gasteiger partial charge in [0.15, 0.2) is 0 Å². The molecule has 36 heavy (non-hydrogen) atoms. The van der Waals surface area contributed by atoms with E-state index in [0.717, 1.165) is 6.07 Å². The van der Waals surface area contributed by atoms with E-state index in [-0.39, 0.29) is 18.3 Å². The second kappa shape index (κ2) is 11.7. The molecule has 1 fully saturated rings. The molecule has 1 saturated heterocycles. The minimum Gasteiger partial charge on any atom is -0.489 e. The summed E-state index contributed by atoms with van der Waals surface area (Å²) in [5, 5.41) is -0.469. The quantitative estimate of drug-likeness (QED) is 0.384. The normalized spacial score (nSPS) is 17.4. The number of alkyl halides is 3. The summed E-state index contributed by atoms with van der Waals surface area (Å²) >= 11 is 6.09. The molecule has 204 valence electrons. The lowest BCUT2D eigenvalue weighted by molar-refractivity contribution is -0.137. The number of carbonyl (C=O) groups is 1. The molecule has 1 aromatic carbocycles. The van der Waals surface area contributed by atoms with Crippen molar-refractivity contribution in [1.29, 1.82) is 0 Å². The van der Waals surface area contributed by atoms with Crippen molar-refractivity contribution in [2.75, 3.05) is 19.7 Å². The summed E-state index contributed by atoms with van der Waals surface area (Å²) in [6.07, 6.45) is -2.63. The van der Waals surface area contributed by atoms with Crippen molar-refractivity contribution >= 4 is 28.7 Å². The first-order valence-corrected chi connectivity index (χ1v) is 13.3. The van der Waals surface area contributed by atoms with Crippen LogP contribution in [0.4, 0.5) is 18.0 Å². The van der Waals surface area contributed by atoms with Gasteiger partial charge in [-0.25, -0.2) is 13.7 Å². The number of ether oxygens (including phenoxy) is 2. The van der Waals surface area contributed by atoms with Gasteiger partial charge in [-0.3, -0.25) is 0 Å². The number of carbonyl (C=O) groups excluding carboxylic acids is 1. The Morgan fingerprint density at radius 1 is 1.22 bits per heavy atom. The van der Waals surface area contributed by atoms with Crippen molar-refractivity contribution in [2.45, 2.75) is 77.0 Å². The van der Waals surface area contributed by atoms with Gasteiger partial charge in [0, 0.05) is 18.7 Å². The molecule has 11 heteroatoms. The van der Waals surface area contributed by atoms with Gasteiger partial charge in [0.05, 0.1) is 32.4 Å². The van der Waals surface area contributed by atoms with Crippen LogP contribution in [0.5, 0.6) is 5.75 Å². The monoisotopic (exact) mass is 552 g/mol. The number of halogens is 4. The number of piperidine rings is 1. The molecule has 1 aromatic rings. The molecule has 0 aliphatic carbocycles. The van der Waals surface area contributed by atoms with E-state index in [0.29, 0.717) is 31.5 Å². The standard InChI is InChI=1S/C25H36ClF3N2O4S/c1-8-13-34-20-15-18(25(27,28)29)19(26)14-17(20)21(30-36(33)24(5,6)7)16-9-11-31(12-10-16)22(32)35-23(2,3)4/h8,14-16,21,30H,1,9-13H2,2-7H3. The molecule has 0 saturated carbocycles. The van der Waals surface area contributed by atoms with E-state index in [1.165, 1.54) is 12.1 Å². The summed E-state index contributed by atoms with van der Waals surface area (Å²) in [6.45, 7) is 15.1. The van der Waals surface area contributed by atoms with Crippen molar-refractivity contribution in [3.05, 3.63) is 40.9 Å². The Bertz CT molecular complexity index is 966. The molecule has 0 radical (unpaired) electrons. The maximum atomic E-state index is 13.6. The van der Waals surface area contributed by atoms with E-state index in [9.17, 15) is 22.2 Å². The van der Waals surface area contributed by atoms with Crippen LogP contribution in [0.1, 0.15) is 71.6 Å². The van der Waals surface area contributed by atoms with Crippen molar-refractivity contribution in [3.63, 3.8) is 0 Å². The minimum atomic E-state index is -4.67. The zero-order valence-electron chi connectivity index (χ0n) is 21.6. The lowest BCUT2D eigenvalue weighted by atomic mass is 9.85. The molecular formula is C25H36ClF3N2O4S. The Kier molecular flexibility index (Phi) is 9.92. The summed E-state index contributed by atoms with van der Waals surface area (Å²) < 4.78 is 67.4. The zero-order chi connectivity index (χ0) is 27.5. The topological polar surface area (TPSA) is 67.9 Å². The fraction of sp³-hybridized carbons (Fsp3) is 0.640. The molecule has 1 heterocycles. The van der Waals surface area contributed by atoms with Crippen LogP contribution in [0.25, 0.3) is 0 Å². The fourth-order valence-corrected chi connectivity index (χ4v) is 4.93. The number of nitrogens with zero attached hydrogens (tertiary/aromatic N) is 1. The van der Waals surface area contributed by atoms with E-state index in [2.05, 4.69) is 11.3 Å². The van der Waals surface area contributed by atoms with Crippen LogP contribution < -0.4 is 9.46 Å². The highest BCUT2D eigenvalue weighted by molar-refractivity contribution is 7.84. The molecular weight excluding hydrogens is 517 g/mol. The maximum absolute atomic E-state index is 13.6. The second-order valence-electron chi connectivity index (χ2n) is 10.7. The number of likely N-dealkylation sites (tertiary alicyclic amines) is 1. The van der Waals surface area contributed by atoms with Crippen molar-refractivity contribution < 1.29 is 31.6 Å². The lowest BCUT2D eigenvalue weighted by Crippen LogP contribution is -2.45. The molecule has 6 nitrogen and oxygen atoms in total. The van der Waals surface area contributed by atoms with Crippen molar-refractivity contribution in [3.8, 4) is 5.75 Å². The summed E-state index contributed by atoms with van der Waals surface area (Å²) in [6, 6.07) is 1.48. The third kappa shape index (κ3) is 8.38. The highest BCUT2D eigenvalue weighted by Crippen LogP contribution is 2.43. The summed E-state index contributed by atoms with van der Waals surface area (Å²) in [7, 11) is -1.54. The van der Waals surface area contributed by atoms with Gasteiger partial charge in [0.1, 0.15) is 18.0 Å². The molecule has 1 aliphatic heterocycles. The molecule has 0 bridgehead atoms. The molecule has 1 aliphatic rings. The first-order valence-electron chi connectivity index (χ1n) is 11.7. The van der Waals surface area contributed by atoms with Gasteiger partial charge in [-0.15, -0.1) is 0 Å². The van der Waals surface area contributed by atoms with E-state index in [4.69, 9.17) is 21.1 Å². The fourth-order valence-electron chi connectivity index (χ4n) is 3.75. The van der Waals surface area contributed by atoms with Crippen molar-refractivity contribution in [1.82, 2.24) is 9.62 Å². The predicted molar refractivity (Wildman–Crippen MR) is 136 cm³/mol. The summed E-state index contributed by atoms with van der Waals surface area (Å²) in [4.78, 5) is 14.1. The summed E-state index contributed by atoms with van der Waals surface area (Å²) in [5.74, 6) is -0.168. The van der Waals surface area contributed by atoms with E-state index in [1.807, 2.05) is 0 Å². The Morgan fingerprint density at radius 2 is 1.81 bits per heavy atom. The van der Waals surface area contributed by atoms with Gasteiger partial charge in [0.2, 0.25) is 0 Å². The van der Waals surface area contributed by atoms with Crippen LogP contribution in [0.2, 0.25) is 5.02 Å². The van der Waals surface area contributed by atoms with Crippen LogP contribution in [0.15, 0.2) is 24.8 Å². The molecule has 0 spiro atoms. The number of nitrogens with one attached hydrogen (secondary N) is 1. The third-order valence-corrected chi connectivity index (χ3v) is 7.44. The molecule has 2 unspecified atom stereocenters. The third-order valence-electron chi connectivity index (χ3n) is 5.55. The smallest absolute Gasteiger partial charge is 0.417 e. The Morgan fingerprint density at radius 3 is 2.28 bits per heavy atom. The Hall–Kier alpha value is -1.78. The highest BCUT2D eigenvalue weighted by Gasteiger charge is 2.38. The van der Waals surface area contributed by atoms with Gasteiger partial charge >= 0.3 is 12.3 Å². The number of hydrogen-bond donors (Lipinski definition) is 1. The summed E-state index contributed by atoms with van der Waals surface area (Å²) in [5.41, 5.74) is -1.26. The maximum Gasteiger partial charge on any atom is 0.417 e. The van der Waals surface area contributed by atoms with Gasteiger partial charge in [0.25, 0.3) is 0 Å². The Balaban J connectivity index is 2.45. The van der Waals surface area contributed by atoms with E-state index >= 15 is 0 Å². The minimum absolute atomic E-state index is 0.00962. The van der Waals surface area contributed by atoms with Crippen LogP contribution >= 0.6 is 11.6 Å². The molecule has 1 amide bonds. The molecule has 2 rings (SSSR count). The SMILES string of the molecule is C=CCOc1cc(C(F)(F)F)c(Cl)cc1C(NS(=O)C(C)(C)C)C1CCN(C(=O)OC(C)(C)C)CC1. The number of amides is 1. The highest BCUT2D eigenvalue weighted by atomic mass is 35.5. The van der Waals surface area contributed by atoms with E-state index < -0.39 is 50.2 Å². The predicted octanol–water partition coefficient (Wildman–Crippen LogP) is 6.66. The van der Waals surface area contributed by atoms with Gasteiger partial charge in [-0.1, -0.05) is 24.3 Å². The van der Waals surface area contributed by atoms with Gasteiger partial charge < -0.3 is 14.4 Å². The average Bonchev–Trinajstić information content (AvgIpc) is 2.73. The number of benzene rings is 1. The Labute approximate surface area is 219 Å². The second-order valence-corrected chi connectivity index (χ2v) is 13.2.